The fraction of sp³-hybridized carbons (Fsp3) is 0.500. The molecule has 0 aromatic heterocycles. The van der Waals surface area contributed by atoms with Crippen LogP contribution < -0.4 is 0 Å². The van der Waals surface area contributed by atoms with Crippen LogP contribution in [0.4, 0.5) is 0 Å². The predicted octanol–water partition coefficient (Wildman–Crippen LogP) is 1.04. The van der Waals surface area contributed by atoms with Crippen LogP contribution in [0.5, 0.6) is 0 Å². The highest BCUT2D eigenvalue weighted by Crippen LogP contribution is 2.12. The second-order valence-electron chi connectivity index (χ2n) is 5.14. The third-order valence-corrected chi connectivity index (χ3v) is 2.98. The zero-order valence-electron chi connectivity index (χ0n) is 12.6. The summed E-state index contributed by atoms with van der Waals surface area (Å²) < 4.78 is 9.97. The molecule has 0 amide bonds. The molecule has 0 fully saturated rings. The van der Waals surface area contributed by atoms with Gasteiger partial charge in [0.1, 0.15) is 12.7 Å². The molecule has 6 nitrogen and oxygen atoms in total. The quantitative estimate of drug-likeness (QED) is 0.662. The molecule has 2 N–H and O–H groups in total. The number of ether oxygens (including phenoxy) is 2. The lowest BCUT2D eigenvalue weighted by atomic mass is 10.0. The number of carbonyl (C=O) groups is 2. The average Bonchev–Trinajstić information content (AvgIpc) is 2.51. The molecule has 1 atom stereocenters. The van der Waals surface area contributed by atoms with Crippen molar-refractivity contribution in [2.24, 2.45) is 5.92 Å². The number of aliphatic hydroxyl groups excluding tert-OH is 2. The van der Waals surface area contributed by atoms with E-state index in [1.165, 1.54) is 0 Å². The topological polar surface area (TPSA) is 93.1 Å². The molecule has 6 heteroatoms. The van der Waals surface area contributed by atoms with Crippen LogP contribution in [0.3, 0.4) is 0 Å². The molecular formula is C16H22O6. The number of esters is 2. The first-order chi connectivity index (χ1) is 10.5. The second kappa shape index (κ2) is 9.92. The molecule has 22 heavy (non-hydrogen) atoms. The number of rotatable bonds is 9. The number of aliphatic hydroxyl groups is 2. The van der Waals surface area contributed by atoms with Crippen molar-refractivity contribution < 1.29 is 29.3 Å². The smallest absolute Gasteiger partial charge is 0.306 e. The summed E-state index contributed by atoms with van der Waals surface area (Å²) in [5, 5.41) is 17.6. The van der Waals surface area contributed by atoms with Gasteiger partial charge in [0.2, 0.25) is 0 Å². The Bertz CT molecular complexity index is 455. The van der Waals surface area contributed by atoms with Gasteiger partial charge >= 0.3 is 11.9 Å². The minimum absolute atomic E-state index is 0.0247. The Morgan fingerprint density at radius 2 is 1.64 bits per heavy atom. The van der Waals surface area contributed by atoms with Crippen LogP contribution >= 0.6 is 0 Å². The predicted molar refractivity (Wildman–Crippen MR) is 78.7 cm³/mol. The van der Waals surface area contributed by atoms with E-state index >= 15 is 0 Å². The van der Waals surface area contributed by atoms with E-state index in [1.807, 2.05) is 30.3 Å². The zero-order chi connectivity index (χ0) is 16.4. The summed E-state index contributed by atoms with van der Waals surface area (Å²) in [5.41, 5.74) is 0.900. The second-order valence-corrected chi connectivity index (χ2v) is 5.14. The number of carbonyl (C=O) groups excluding carboxylic acids is 2. The van der Waals surface area contributed by atoms with Crippen molar-refractivity contribution in [2.45, 2.75) is 32.5 Å². The van der Waals surface area contributed by atoms with Crippen molar-refractivity contribution >= 4 is 11.9 Å². The van der Waals surface area contributed by atoms with E-state index in [4.69, 9.17) is 19.7 Å². The Morgan fingerprint density at radius 1 is 1.05 bits per heavy atom. The van der Waals surface area contributed by atoms with Crippen LogP contribution in [0, 0.1) is 5.92 Å². The van der Waals surface area contributed by atoms with Crippen molar-refractivity contribution in [1.82, 2.24) is 0 Å². The molecule has 0 bridgehead atoms. The van der Waals surface area contributed by atoms with Crippen molar-refractivity contribution in [3.8, 4) is 0 Å². The summed E-state index contributed by atoms with van der Waals surface area (Å²) in [6.07, 6.45) is -0.786. The number of hydrogen-bond acceptors (Lipinski definition) is 6. The number of benzene rings is 1. The maximum absolute atomic E-state index is 11.7. The van der Waals surface area contributed by atoms with E-state index < -0.39 is 25.3 Å². The fourth-order valence-electron chi connectivity index (χ4n) is 1.80. The van der Waals surface area contributed by atoms with E-state index in [-0.39, 0.29) is 31.3 Å². The molecule has 0 aliphatic rings. The SMILES string of the molecule is CC(CC(=O)OCc1ccccc1)CC(=O)OC(CO)CO. The van der Waals surface area contributed by atoms with Gasteiger partial charge in [-0.2, -0.15) is 0 Å². The Hall–Kier alpha value is -1.92. The van der Waals surface area contributed by atoms with E-state index in [1.54, 1.807) is 6.92 Å². The summed E-state index contributed by atoms with van der Waals surface area (Å²) >= 11 is 0. The van der Waals surface area contributed by atoms with Crippen LogP contribution in [0.15, 0.2) is 30.3 Å². The Balaban J connectivity index is 2.27. The average molecular weight is 310 g/mol. The first-order valence-corrected chi connectivity index (χ1v) is 7.16. The van der Waals surface area contributed by atoms with Gasteiger partial charge in [-0.25, -0.2) is 0 Å². The Labute approximate surface area is 129 Å². The molecule has 0 aliphatic heterocycles. The maximum Gasteiger partial charge on any atom is 0.306 e. The maximum atomic E-state index is 11.7. The summed E-state index contributed by atoms with van der Waals surface area (Å²) in [6, 6.07) is 9.32. The lowest BCUT2D eigenvalue weighted by molar-refractivity contribution is -0.155. The van der Waals surface area contributed by atoms with Crippen molar-refractivity contribution in [2.75, 3.05) is 13.2 Å². The van der Waals surface area contributed by atoms with Gasteiger partial charge in [0.15, 0.2) is 0 Å². The third-order valence-electron chi connectivity index (χ3n) is 2.98. The van der Waals surface area contributed by atoms with Crippen LogP contribution in [0.2, 0.25) is 0 Å². The molecule has 0 saturated heterocycles. The molecule has 0 spiro atoms. The largest absolute Gasteiger partial charge is 0.461 e. The Kier molecular flexibility index (Phi) is 8.17. The lowest BCUT2D eigenvalue weighted by Crippen LogP contribution is -2.26. The molecule has 1 aromatic rings. The van der Waals surface area contributed by atoms with Gasteiger partial charge in [-0.15, -0.1) is 0 Å². The highest BCUT2D eigenvalue weighted by atomic mass is 16.6. The van der Waals surface area contributed by atoms with Crippen LogP contribution in [-0.4, -0.2) is 41.5 Å². The standard InChI is InChI=1S/C16H22O6/c1-12(8-16(20)22-14(9-17)10-18)7-15(19)21-11-13-5-3-2-4-6-13/h2-6,12,14,17-18H,7-11H2,1H3. The lowest BCUT2D eigenvalue weighted by Gasteiger charge is -2.15. The van der Waals surface area contributed by atoms with Crippen LogP contribution in [-0.2, 0) is 25.7 Å². The summed E-state index contributed by atoms with van der Waals surface area (Å²) in [7, 11) is 0. The highest BCUT2D eigenvalue weighted by molar-refractivity contribution is 5.73. The van der Waals surface area contributed by atoms with Gasteiger partial charge in [-0.05, 0) is 11.5 Å². The molecule has 1 rings (SSSR count). The van der Waals surface area contributed by atoms with Gasteiger partial charge in [0.05, 0.1) is 13.2 Å². The summed E-state index contributed by atoms with van der Waals surface area (Å²) in [6.45, 7) is 1.07. The molecule has 1 aromatic carbocycles. The molecule has 0 aliphatic carbocycles. The summed E-state index contributed by atoms with van der Waals surface area (Å²) in [4.78, 5) is 23.2. The van der Waals surface area contributed by atoms with Crippen molar-refractivity contribution in [3.05, 3.63) is 35.9 Å². The zero-order valence-corrected chi connectivity index (χ0v) is 12.6. The normalized spacial score (nSPS) is 12.0. The highest BCUT2D eigenvalue weighted by Gasteiger charge is 2.18. The number of hydrogen-bond donors (Lipinski definition) is 2. The fourth-order valence-corrected chi connectivity index (χ4v) is 1.80. The third kappa shape index (κ3) is 7.19. The van der Waals surface area contributed by atoms with Gasteiger partial charge in [0, 0.05) is 12.8 Å². The molecule has 0 heterocycles. The summed E-state index contributed by atoms with van der Waals surface area (Å²) in [5.74, 6) is -1.18. The molecular weight excluding hydrogens is 288 g/mol. The van der Waals surface area contributed by atoms with Gasteiger partial charge in [0.25, 0.3) is 0 Å². The van der Waals surface area contributed by atoms with Gasteiger partial charge in [-0.1, -0.05) is 37.3 Å². The minimum atomic E-state index is -0.912. The monoisotopic (exact) mass is 310 g/mol. The molecule has 122 valence electrons. The van der Waals surface area contributed by atoms with E-state index in [0.717, 1.165) is 5.56 Å². The molecule has 0 radical (unpaired) electrons. The van der Waals surface area contributed by atoms with Crippen LogP contribution in [0.1, 0.15) is 25.3 Å². The molecule has 0 saturated carbocycles. The van der Waals surface area contributed by atoms with E-state index in [0.29, 0.717) is 0 Å². The van der Waals surface area contributed by atoms with Gasteiger partial charge < -0.3 is 19.7 Å². The molecule has 1 unspecified atom stereocenters. The first kappa shape index (κ1) is 18.1. The van der Waals surface area contributed by atoms with Crippen molar-refractivity contribution in [1.29, 1.82) is 0 Å². The van der Waals surface area contributed by atoms with E-state index in [2.05, 4.69) is 0 Å². The van der Waals surface area contributed by atoms with E-state index in [9.17, 15) is 9.59 Å². The van der Waals surface area contributed by atoms with Crippen molar-refractivity contribution in [3.63, 3.8) is 0 Å². The van der Waals surface area contributed by atoms with Gasteiger partial charge in [-0.3, -0.25) is 9.59 Å². The van der Waals surface area contributed by atoms with Crippen LogP contribution in [0.25, 0.3) is 0 Å². The minimum Gasteiger partial charge on any atom is -0.461 e. The Morgan fingerprint density at radius 3 is 2.23 bits per heavy atom. The first-order valence-electron chi connectivity index (χ1n) is 7.16.